The third-order valence-electron chi connectivity index (χ3n) is 3.26. The highest BCUT2D eigenvalue weighted by Gasteiger charge is 2.37. The number of sulfonamides is 1. The fourth-order valence-corrected chi connectivity index (χ4v) is 3.27. The average Bonchev–Trinajstić information content (AvgIpc) is 2.52. The van der Waals surface area contributed by atoms with E-state index in [0.717, 1.165) is 12.1 Å². The Hall–Kier alpha value is -2.54. The van der Waals surface area contributed by atoms with Crippen molar-refractivity contribution in [3.63, 3.8) is 0 Å². The zero-order valence-electron chi connectivity index (χ0n) is 13.1. The normalized spacial score (nSPS) is 12.7. The molecule has 0 saturated carbocycles. The Morgan fingerprint density at radius 3 is 1.86 bits per heavy atom. The Balaban J connectivity index is 2.55. The molecule has 1 N–H and O–H groups in total. The number of hydrogen-bond donors (Lipinski definition) is 1. The number of rotatable bonds is 4. The molecule has 0 unspecified atom stereocenters. The van der Waals surface area contributed by atoms with Gasteiger partial charge in [0.2, 0.25) is 0 Å². The first-order valence-corrected chi connectivity index (χ1v) is 8.73. The number of hydrogen-bond acceptors (Lipinski definition) is 4. The highest BCUT2D eigenvalue weighted by molar-refractivity contribution is 7.92. The van der Waals surface area contributed by atoms with E-state index in [9.17, 15) is 44.9 Å². The first kappa shape index (κ1) is 21.8. The lowest BCUT2D eigenvalue weighted by molar-refractivity contribution is -0.384. The van der Waals surface area contributed by atoms with Gasteiger partial charge in [0.1, 0.15) is 5.02 Å². The van der Waals surface area contributed by atoms with Crippen LogP contribution < -0.4 is 4.72 Å². The van der Waals surface area contributed by atoms with Gasteiger partial charge in [-0.25, -0.2) is 8.42 Å². The maximum absolute atomic E-state index is 12.8. The quantitative estimate of drug-likeness (QED) is 0.401. The smallest absolute Gasteiger partial charge is 0.280 e. The van der Waals surface area contributed by atoms with Crippen molar-refractivity contribution in [1.82, 2.24) is 0 Å². The molecule has 0 aromatic heterocycles. The lowest BCUT2D eigenvalue weighted by Gasteiger charge is -2.15. The summed E-state index contributed by atoms with van der Waals surface area (Å²) in [6.45, 7) is 0. The molecule has 6 nitrogen and oxygen atoms in total. The second-order valence-corrected chi connectivity index (χ2v) is 7.36. The summed E-state index contributed by atoms with van der Waals surface area (Å²) in [7, 11) is -4.76. The van der Waals surface area contributed by atoms with Gasteiger partial charge < -0.3 is 0 Å². The van der Waals surface area contributed by atoms with Crippen molar-refractivity contribution in [2.45, 2.75) is 17.2 Å². The molecule has 0 fully saturated rings. The van der Waals surface area contributed by atoms with Crippen molar-refractivity contribution in [2.75, 3.05) is 4.72 Å². The van der Waals surface area contributed by atoms with E-state index in [2.05, 4.69) is 0 Å². The molecule has 0 bridgehead atoms. The molecule has 0 amide bonds. The van der Waals surface area contributed by atoms with Gasteiger partial charge in [-0.05, 0) is 30.3 Å². The summed E-state index contributed by atoms with van der Waals surface area (Å²) < 4.78 is 103. The SMILES string of the molecule is O=[N+]([O-])c1cc(S(=O)(=O)Nc2cc(C(F)(F)F)cc(C(F)(F)F)c2)ccc1Cl. The van der Waals surface area contributed by atoms with E-state index in [-0.39, 0.29) is 18.2 Å². The molecular formula is C14H7ClF6N2O4S. The molecule has 0 aliphatic carbocycles. The van der Waals surface area contributed by atoms with Gasteiger partial charge in [0.15, 0.2) is 0 Å². The molecule has 0 spiro atoms. The maximum atomic E-state index is 12.8. The van der Waals surface area contributed by atoms with Crippen LogP contribution in [-0.2, 0) is 22.4 Å². The Labute approximate surface area is 157 Å². The molecule has 0 heterocycles. The van der Waals surface area contributed by atoms with Crippen LogP contribution in [0.25, 0.3) is 0 Å². The molecule has 2 aromatic carbocycles. The van der Waals surface area contributed by atoms with Gasteiger partial charge in [0.25, 0.3) is 15.7 Å². The van der Waals surface area contributed by atoms with Gasteiger partial charge in [0.05, 0.1) is 26.6 Å². The van der Waals surface area contributed by atoms with Gasteiger partial charge in [0, 0.05) is 6.07 Å². The van der Waals surface area contributed by atoms with Crippen molar-refractivity contribution < 1.29 is 39.7 Å². The zero-order chi connectivity index (χ0) is 21.5. The Morgan fingerprint density at radius 2 is 1.43 bits per heavy atom. The van der Waals surface area contributed by atoms with Gasteiger partial charge in [-0.3, -0.25) is 14.8 Å². The van der Waals surface area contributed by atoms with E-state index in [1.54, 1.807) is 4.72 Å². The predicted octanol–water partition coefficient (Wildman–Crippen LogP) is 5.09. The number of nitro groups is 1. The Bertz CT molecular complexity index is 1000. The molecule has 0 atom stereocenters. The molecule has 0 aliphatic rings. The second-order valence-electron chi connectivity index (χ2n) is 5.27. The minimum atomic E-state index is -5.18. The Morgan fingerprint density at radius 1 is 0.929 bits per heavy atom. The molecule has 0 aliphatic heterocycles. The summed E-state index contributed by atoms with van der Waals surface area (Å²) in [5, 5.41) is 10.4. The highest BCUT2D eigenvalue weighted by atomic mass is 35.5. The molecule has 28 heavy (non-hydrogen) atoms. The van der Waals surface area contributed by atoms with Gasteiger partial charge in [-0.1, -0.05) is 11.6 Å². The van der Waals surface area contributed by atoms with Gasteiger partial charge >= 0.3 is 12.4 Å². The van der Waals surface area contributed by atoms with Crippen LogP contribution in [0, 0.1) is 10.1 Å². The van der Waals surface area contributed by atoms with E-state index in [1.807, 2.05) is 0 Å². The summed E-state index contributed by atoms with van der Waals surface area (Å²) in [4.78, 5) is 9.04. The van der Waals surface area contributed by atoms with Crippen LogP contribution in [0.15, 0.2) is 41.3 Å². The van der Waals surface area contributed by atoms with Crippen LogP contribution in [0.4, 0.5) is 37.7 Å². The highest BCUT2D eigenvalue weighted by Crippen LogP contribution is 2.38. The lowest BCUT2D eigenvalue weighted by Crippen LogP contribution is -2.16. The van der Waals surface area contributed by atoms with Crippen molar-refractivity contribution in [3.05, 3.63) is 62.7 Å². The first-order valence-electron chi connectivity index (χ1n) is 6.87. The van der Waals surface area contributed by atoms with Crippen molar-refractivity contribution in [1.29, 1.82) is 0 Å². The number of nitro benzene ring substituents is 1. The van der Waals surface area contributed by atoms with Crippen LogP contribution in [0.2, 0.25) is 5.02 Å². The molecule has 2 aromatic rings. The summed E-state index contributed by atoms with van der Waals surface area (Å²) in [5.41, 5.74) is -5.31. The molecule has 2 rings (SSSR count). The van der Waals surface area contributed by atoms with Crippen molar-refractivity contribution >= 4 is 33.0 Å². The summed E-state index contributed by atoms with van der Waals surface area (Å²) >= 11 is 5.54. The summed E-state index contributed by atoms with van der Waals surface area (Å²) in [5.74, 6) is 0. The zero-order valence-corrected chi connectivity index (χ0v) is 14.7. The van der Waals surface area contributed by atoms with Crippen molar-refractivity contribution in [2.24, 2.45) is 0 Å². The molecule has 0 saturated heterocycles. The topological polar surface area (TPSA) is 89.3 Å². The third kappa shape index (κ3) is 4.84. The molecule has 0 radical (unpaired) electrons. The van der Waals surface area contributed by atoms with E-state index >= 15 is 0 Å². The predicted molar refractivity (Wildman–Crippen MR) is 85.4 cm³/mol. The van der Waals surface area contributed by atoms with Gasteiger partial charge in [-0.2, -0.15) is 26.3 Å². The standard InChI is InChI=1S/C14H7ClF6N2O4S/c15-11-2-1-10(6-12(11)23(24)25)28(26,27)22-9-4-7(13(16,17)18)3-8(5-9)14(19,20)21/h1-6,22H. The van der Waals surface area contributed by atoms with Crippen LogP contribution >= 0.6 is 11.6 Å². The van der Waals surface area contributed by atoms with Crippen LogP contribution in [0.5, 0.6) is 0 Å². The summed E-state index contributed by atoms with van der Waals surface area (Å²) in [6, 6.07) is 2.32. The number of nitrogens with zero attached hydrogens (tertiary/aromatic N) is 1. The fraction of sp³-hybridized carbons (Fsp3) is 0.143. The largest absolute Gasteiger partial charge is 0.416 e. The van der Waals surface area contributed by atoms with Crippen LogP contribution in [0.3, 0.4) is 0 Å². The maximum Gasteiger partial charge on any atom is 0.416 e. The lowest BCUT2D eigenvalue weighted by atomic mass is 10.1. The average molecular weight is 449 g/mol. The van der Waals surface area contributed by atoms with E-state index in [1.165, 1.54) is 0 Å². The minimum Gasteiger partial charge on any atom is -0.280 e. The first-order chi connectivity index (χ1) is 12.6. The van der Waals surface area contributed by atoms with E-state index in [0.29, 0.717) is 6.07 Å². The number of anilines is 1. The second kappa shape index (κ2) is 7.13. The number of alkyl halides is 6. The van der Waals surface area contributed by atoms with Crippen molar-refractivity contribution in [3.8, 4) is 0 Å². The fourth-order valence-electron chi connectivity index (χ4n) is 2.03. The number of benzene rings is 2. The molecular weight excluding hydrogens is 442 g/mol. The van der Waals surface area contributed by atoms with Gasteiger partial charge in [-0.15, -0.1) is 0 Å². The van der Waals surface area contributed by atoms with E-state index in [4.69, 9.17) is 11.6 Å². The summed E-state index contributed by atoms with van der Waals surface area (Å²) in [6.07, 6.45) is -10.4. The molecule has 14 heteroatoms. The van der Waals surface area contributed by atoms with Crippen LogP contribution in [-0.4, -0.2) is 13.3 Å². The molecule has 152 valence electrons. The number of halogens is 7. The number of nitrogens with one attached hydrogen (secondary N) is 1. The monoisotopic (exact) mass is 448 g/mol. The minimum absolute atomic E-state index is 0.164. The van der Waals surface area contributed by atoms with Crippen LogP contribution in [0.1, 0.15) is 11.1 Å². The Kier molecular flexibility index (Phi) is 5.54. The third-order valence-corrected chi connectivity index (χ3v) is 4.96. The van der Waals surface area contributed by atoms with E-state index < -0.39 is 59.7 Å².